The van der Waals surface area contributed by atoms with E-state index in [-0.39, 0.29) is 6.04 Å². The summed E-state index contributed by atoms with van der Waals surface area (Å²) in [6.45, 7) is 0.787. The van der Waals surface area contributed by atoms with E-state index in [0.717, 1.165) is 23.2 Å². The van der Waals surface area contributed by atoms with Crippen LogP contribution in [0.2, 0.25) is 0 Å². The Morgan fingerprint density at radius 2 is 1.56 bits per heavy atom. The summed E-state index contributed by atoms with van der Waals surface area (Å²) in [6.07, 6.45) is 14.9. The Bertz CT molecular complexity index is 1620. The Labute approximate surface area is 211 Å². The Kier molecular flexibility index (Phi) is 4.68. The Morgan fingerprint density at radius 3 is 2.36 bits per heavy atom. The molecule has 4 heteroatoms. The molecular weight excluding hydrogens is 442 g/mol. The molecule has 0 spiro atoms. The molecule has 0 radical (unpaired) electrons. The van der Waals surface area contributed by atoms with E-state index in [1.165, 1.54) is 39.3 Å². The predicted molar refractivity (Wildman–Crippen MR) is 148 cm³/mol. The van der Waals surface area contributed by atoms with Crippen LogP contribution in [0.5, 0.6) is 0 Å². The smallest absolute Gasteiger partial charge is 0.158 e. The van der Waals surface area contributed by atoms with Gasteiger partial charge in [0.1, 0.15) is 0 Å². The van der Waals surface area contributed by atoms with Gasteiger partial charge in [-0.25, -0.2) is 0 Å². The molecule has 1 aromatic heterocycles. The maximum Gasteiger partial charge on any atom is 0.158 e. The minimum atomic E-state index is 0.225. The second-order valence-electron chi connectivity index (χ2n) is 9.64. The van der Waals surface area contributed by atoms with Gasteiger partial charge >= 0.3 is 0 Å². The van der Waals surface area contributed by atoms with E-state index in [2.05, 4.69) is 132 Å². The van der Waals surface area contributed by atoms with Crippen LogP contribution in [-0.4, -0.2) is 36.5 Å². The molecule has 3 aliphatic rings. The van der Waals surface area contributed by atoms with Crippen molar-refractivity contribution < 1.29 is 4.42 Å². The number of allylic oxidation sites excluding steroid dienone is 4. The summed E-state index contributed by atoms with van der Waals surface area (Å²) in [4.78, 5) is 7.03. The zero-order valence-corrected chi connectivity index (χ0v) is 20.4. The molecule has 3 aliphatic heterocycles. The van der Waals surface area contributed by atoms with E-state index >= 15 is 0 Å². The van der Waals surface area contributed by atoms with Crippen molar-refractivity contribution in [2.75, 3.05) is 25.5 Å². The van der Waals surface area contributed by atoms with Gasteiger partial charge in [-0.3, -0.25) is 0 Å². The van der Waals surface area contributed by atoms with Crippen molar-refractivity contribution in [1.82, 2.24) is 9.80 Å². The Morgan fingerprint density at radius 1 is 0.778 bits per heavy atom. The molecule has 0 amide bonds. The lowest BCUT2D eigenvalue weighted by Crippen LogP contribution is -2.39. The van der Waals surface area contributed by atoms with Crippen molar-refractivity contribution in [1.29, 1.82) is 0 Å². The van der Waals surface area contributed by atoms with Gasteiger partial charge in [-0.15, -0.1) is 0 Å². The zero-order valence-electron chi connectivity index (χ0n) is 20.4. The summed E-state index contributed by atoms with van der Waals surface area (Å²) in [5, 5.41) is 1.11. The molecule has 0 aliphatic carbocycles. The van der Waals surface area contributed by atoms with Crippen molar-refractivity contribution in [2.45, 2.75) is 6.04 Å². The number of benzene rings is 3. The van der Waals surface area contributed by atoms with E-state index in [9.17, 15) is 0 Å². The average Bonchev–Trinajstić information content (AvgIpc) is 3.35. The van der Waals surface area contributed by atoms with Crippen LogP contribution in [0.4, 0.5) is 11.4 Å². The van der Waals surface area contributed by atoms with Crippen LogP contribution in [0.25, 0.3) is 33.2 Å². The third-order valence-corrected chi connectivity index (χ3v) is 7.51. The molecule has 0 saturated carbocycles. The standard InChI is InChI=1S/C32H27N3O/c1-33-19-8-7-13-29(33)30-17-15-23(21-34(30)2)35-28-12-6-5-11-26(28)24-9-3-4-10-25(24)27-16-14-22-18-20-36-32(22)31(27)35/h3-20,29H,21H2,1-2H3. The second-order valence-corrected chi connectivity index (χ2v) is 9.64. The Balaban J connectivity index is 1.48. The first-order chi connectivity index (χ1) is 17.7. The monoisotopic (exact) mass is 469 g/mol. The van der Waals surface area contributed by atoms with Crippen LogP contribution >= 0.6 is 0 Å². The third-order valence-electron chi connectivity index (χ3n) is 7.51. The molecule has 3 aromatic carbocycles. The first-order valence-corrected chi connectivity index (χ1v) is 12.4. The first-order valence-electron chi connectivity index (χ1n) is 12.4. The summed E-state index contributed by atoms with van der Waals surface area (Å²) in [6, 6.07) is 24.1. The largest absolute Gasteiger partial charge is 0.462 e. The fraction of sp³-hybridized carbons (Fsp3) is 0.125. The fourth-order valence-corrected chi connectivity index (χ4v) is 5.78. The highest BCUT2D eigenvalue weighted by atomic mass is 16.3. The molecule has 4 nitrogen and oxygen atoms in total. The van der Waals surface area contributed by atoms with Crippen LogP contribution in [-0.2, 0) is 0 Å². The topological polar surface area (TPSA) is 22.9 Å². The van der Waals surface area contributed by atoms with Crippen molar-refractivity contribution in [3.8, 4) is 22.3 Å². The summed E-state index contributed by atoms with van der Waals surface area (Å²) < 4.78 is 6.16. The number of nitrogens with zero attached hydrogens (tertiary/aromatic N) is 3. The van der Waals surface area contributed by atoms with E-state index in [4.69, 9.17) is 4.42 Å². The van der Waals surface area contributed by atoms with Crippen molar-refractivity contribution in [2.24, 2.45) is 0 Å². The number of likely N-dealkylation sites (N-methyl/N-ethyl adjacent to an activating group) is 2. The van der Waals surface area contributed by atoms with Crippen molar-refractivity contribution in [3.05, 3.63) is 121 Å². The van der Waals surface area contributed by atoms with Gasteiger partial charge in [0.15, 0.2) is 5.58 Å². The van der Waals surface area contributed by atoms with Gasteiger partial charge in [-0.2, -0.15) is 0 Å². The lowest BCUT2D eigenvalue weighted by Gasteiger charge is -2.39. The maximum atomic E-state index is 6.16. The molecule has 4 aromatic rings. The van der Waals surface area contributed by atoms with Crippen LogP contribution in [0.1, 0.15) is 0 Å². The molecule has 1 atom stereocenters. The molecule has 0 bridgehead atoms. The maximum absolute atomic E-state index is 6.16. The van der Waals surface area contributed by atoms with E-state index < -0.39 is 0 Å². The highest BCUT2D eigenvalue weighted by molar-refractivity contribution is 6.08. The van der Waals surface area contributed by atoms with Crippen LogP contribution in [0, 0.1) is 0 Å². The number of anilines is 2. The highest BCUT2D eigenvalue weighted by Gasteiger charge is 2.32. The van der Waals surface area contributed by atoms with Gasteiger partial charge in [0.05, 0.1) is 30.2 Å². The molecule has 176 valence electrons. The third kappa shape index (κ3) is 3.07. The lowest BCUT2D eigenvalue weighted by atomic mass is 9.94. The highest BCUT2D eigenvalue weighted by Crippen LogP contribution is 2.51. The average molecular weight is 470 g/mol. The SMILES string of the molecule is CN1CC(N2c3ccccc3-c3ccccc3-c3ccc4ccoc4c32)=CC=C1C1C=CC=CN1C. The molecular formula is C32H27N3O. The molecule has 7 rings (SSSR count). The number of hydrogen-bond donors (Lipinski definition) is 0. The summed E-state index contributed by atoms with van der Waals surface area (Å²) in [5.74, 6) is 0. The lowest BCUT2D eigenvalue weighted by molar-refractivity contribution is 0.328. The summed E-state index contributed by atoms with van der Waals surface area (Å²) in [7, 11) is 4.32. The number of furan rings is 1. The molecule has 1 unspecified atom stereocenters. The van der Waals surface area contributed by atoms with Gasteiger partial charge in [0.25, 0.3) is 0 Å². The number of hydrogen-bond acceptors (Lipinski definition) is 4. The molecule has 36 heavy (non-hydrogen) atoms. The van der Waals surface area contributed by atoms with Gasteiger partial charge in [-0.1, -0.05) is 66.7 Å². The van der Waals surface area contributed by atoms with Crippen LogP contribution in [0.15, 0.2) is 125 Å². The number of fused-ring (bicyclic) bond motifs is 7. The van der Waals surface area contributed by atoms with E-state index in [1.54, 1.807) is 6.26 Å². The molecule has 0 N–H and O–H groups in total. The normalized spacial score (nSPS) is 18.4. The quantitative estimate of drug-likeness (QED) is 0.307. The van der Waals surface area contributed by atoms with Gasteiger partial charge in [-0.05, 0) is 47.7 Å². The number of rotatable bonds is 2. The predicted octanol–water partition coefficient (Wildman–Crippen LogP) is 7.32. The molecule has 4 heterocycles. The van der Waals surface area contributed by atoms with Crippen LogP contribution < -0.4 is 4.90 Å². The van der Waals surface area contributed by atoms with E-state index in [0.29, 0.717) is 0 Å². The minimum absolute atomic E-state index is 0.225. The zero-order chi connectivity index (χ0) is 24.2. The number of para-hydroxylation sites is 1. The minimum Gasteiger partial charge on any atom is -0.462 e. The summed E-state index contributed by atoms with van der Waals surface area (Å²) >= 11 is 0. The van der Waals surface area contributed by atoms with Gasteiger partial charge in [0, 0.05) is 42.0 Å². The molecule has 0 saturated heterocycles. The molecule has 0 fully saturated rings. The fourth-order valence-electron chi connectivity index (χ4n) is 5.78. The second kappa shape index (κ2) is 8.06. The van der Waals surface area contributed by atoms with Crippen molar-refractivity contribution in [3.63, 3.8) is 0 Å². The van der Waals surface area contributed by atoms with Gasteiger partial charge < -0.3 is 19.1 Å². The first kappa shape index (κ1) is 20.9. The Hall–Kier alpha value is -4.44. The van der Waals surface area contributed by atoms with Crippen molar-refractivity contribution >= 4 is 22.3 Å². The van der Waals surface area contributed by atoms with Crippen LogP contribution in [0.3, 0.4) is 0 Å². The van der Waals surface area contributed by atoms with Gasteiger partial charge in [0.2, 0.25) is 0 Å². The van der Waals surface area contributed by atoms with E-state index in [1.807, 2.05) is 0 Å². The summed E-state index contributed by atoms with van der Waals surface area (Å²) in [5.41, 5.74) is 10.6.